The van der Waals surface area contributed by atoms with Gasteiger partial charge in [-0.2, -0.15) is 8.78 Å². The highest BCUT2D eigenvalue weighted by Gasteiger charge is 2.20. The molecule has 0 atom stereocenters. The zero-order valence-corrected chi connectivity index (χ0v) is 5.37. The van der Waals surface area contributed by atoms with Gasteiger partial charge in [0.05, 0.1) is 0 Å². The van der Waals surface area contributed by atoms with Crippen molar-refractivity contribution in [2.75, 3.05) is 6.61 Å². The minimum absolute atomic E-state index is 0.208. The zero-order chi connectivity index (χ0) is 7.33. The van der Waals surface area contributed by atoms with Crippen LogP contribution in [0.15, 0.2) is 0 Å². The first-order valence-electron chi connectivity index (χ1n) is 2.47. The Morgan fingerprint density at radius 3 is 2.44 bits per heavy atom. The lowest BCUT2D eigenvalue weighted by molar-refractivity contribution is -0.215. The molecule has 0 aromatic heterocycles. The molecule has 9 heavy (non-hydrogen) atoms. The first-order chi connectivity index (χ1) is 4.06. The van der Waals surface area contributed by atoms with Crippen LogP contribution in [0.5, 0.6) is 0 Å². The van der Waals surface area contributed by atoms with Gasteiger partial charge in [0, 0.05) is 6.92 Å². The predicted octanol–water partition coefficient (Wildman–Crippen LogP) is 1.64. The molecule has 3 heteroatoms. The quantitative estimate of drug-likeness (QED) is 0.521. The van der Waals surface area contributed by atoms with E-state index in [1.165, 1.54) is 0 Å². The molecule has 52 valence electrons. The maximum Gasteiger partial charge on any atom is 0.353 e. The Morgan fingerprint density at radius 1 is 1.56 bits per heavy atom. The Morgan fingerprint density at radius 2 is 2.11 bits per heavy atom. The molecule has 0 radical (unpaired) electrons. The van der Waals surface area contributed by atoms with Crippen molar-refractivity contribution in [3.8, 4) is 11.8 Å². The van der Waals surface area contributed by atoms with E-state index < -0.39 is 6.11 Å². The van der Waals surface area contributed by atoms with Crippen molar-refractivity contribution in [1.82, 2.24) is 0 Å². The van der Waals surface area contributed by atoms with Crippen molar-refractivity contribution in [3.05, 3.63) is 0 Å². The summed E-state index contributed by atoms with van der Waals surface area (Å²) in [7, 11) is 0. The maximum absolute atomic E-state index is 11.8. The van der Waals surface area contributed by atoms with Gasteiger partial charge in [-0.15, -0.1) is 5.92 Å². The van der Waals surface area contributed by atoms with Crippen LogP contribution >= 0.6 is 0 Å². The molecule has 0 aromatic rings. The van der Waals surface area contributed by atoms with Gasteiger partial charge in [0.2, 0.25) is 0 Å². The van der Waals surface area contributed by atoms with Crippen molar-refractivity contribution < 1.29 is 13.5 Å². The lowest BCUT2D eigenvalue weighted by Gasteiger charge is -2.06. The number of ether oxygens (including phenoxy) is 1. The first-order valence-corrected chi connectivity index (χ1v) is 2.47. The van der Waals surface area contributed by atoms with E-state index in [0.717, 1.165) is 0 Å². The van der Waals surface area contributed by atoms with Gasteiger partial charge in [-0.05, 0) is 6.92 Å². The van der Waals surface area contributed by atoms with E-state index in [9.17, 15) is 8.78 Å². The van der Waals surface area contributed by atoms with Crippen LogP contribution in [-0.2, 0) is 4.74 Å². The summed E-state index contributed by atoms with van der Waals surface area (Å²) in [6.07, 6.45) is -3.05. The van der Waals surface area contributed by atoms with Crippen LogP contribution in [0.3, 0.4) is 0 Å². The van der Waals surface area contributed by atoms with Crippen LogP contribution < -0.4 is 0 Å². The van der Waals surface area contributed by atoms with Gasteiger partial charge in [0.1, 0.15) is 6.61 Å². The summed E-state index contributed by atoms with van der Waals surface area (Å²) in [5.41, 5.74) is 0. The van der Waals surface area contributed by atoms with Crippen molar-refractivity contribution >= 4 is 0 Å². The summed E-state index contributed by atoms with van der Waals surface area (Å²) in [5, 5.41) is 0. The Balaban J connectivity index is 3.36. The number of hydrogen-bond acceptors (Lipinski definition) is 1. The van der Waals surface area contributed by atoms with Gasteiger partial charge in [-0.25, -0.2) is 0 Å². The van der Waals surface area contributed by atoms with Crippen molar-refractivity contribution in [2.45, 2.75) is 20.0 Å². The minimum Gasteiger partial charge on any atom is -0.308 e. The normalized spacial score (nSPS) is 10.2. The van der Waals surface area contributed by atoms with Gasteiger partial charge in [-0.1, -0.05) is 5.92 Å². The summed E-state index contributed by atoms with van der Waals surface area (Å²) in [5.74, 6) is 4.78. The molecule has 0 aliphatic carbocycles. The van der Waals surface area contributed by atoms with E-state index in [1.807, 2.05) is 0 Å². The summed E-state index contributed by atoms with van der Waals surface area (Å²) < 4.78 is 27.5. The SMILES string of the molecule is CC#CCOC(C)(F)F. The second-order valence-corrected chi connectivity index (χ2v) is 1.52. The zero-order valence-electron chi connectivity index (χ0n) is 5.37. The Bertz CT molecular complexity index is 126. The molecule has 0 amide bonds. The summed E-state index contributed by atoms with van der Waals surface area (Å²) in [6, 6.07) is 0. The third-order valence-corrected chi connectivity index (χ3v) is 0.575. The molecule has 0 saturated heterocycles. The number of halogens is 2. The van der Waals surface area contributed by atoms with E-state index in [0.29, 0.717) is 6.92 Å². The van der Waals surface area contributed by atoms with Crippen LogP contribution in [0.2, 0.25) is 0 Å². The van der Waals surface area contributed by atoms with E-state index in [4.69, 9.17) is 0 Å². The monoisotopic (exact) mass is 134 g/mol. The molecule has 0 N–H and O–H groups in total. The molecule has 0 heterocycles. The smallest absolute Gasteiger partial charge is 0.308 e. The second kappa shape index (κ2) is 3.41. The van der Waals surface area contributed by atoms with Crippen LogP contribution in [-0.4, -0.2) is 12.7 Å². The lowest BCUT2D eigenvalue weighted by atomic mass is 10.6. The maximum atomic E-state index is 11.8. The first kappa shape index (κ1) is 8.38. The number of rotatable bonds is 2. The minimum atomic E-state index is -3.05. The van der Waals surface area contributed by atoms with Gasteiger partial charge < -0.3 is 4.74 Å². The molecular formula is C6H8F2O. The number of alkyl halides is 2. The molecule has 0 aliphatic rings. The van der Waals surface area contributed by atoms with Crippen LogP contribution in [0.4, 0.5) is 8.78 Å². The van der Waals surface area contributed by atoms with Crippen molar-refractivity contribution in [1.29, 1.82) is 0 Å². The second-order valence-electron chi connectivity index (χ2n) is 1.52. The van der Waals surface area contributed by atoms with Crippen LogP contribution in [0.25, 0.3) is 0 Å². The van der Waals surface area contributed by atoms with E-state index >= 15 is 0 Å². The molecule has 0 saturated carbocycles. The fourth-order valence-electron chi connectivity index (χ4n) is 0.235. The van der Waals surface area contributed by atoms with E-state index in [1.54, 1.807) is 6.92 Å². The average Bonchev–Trinajstić information content (AvgIpc) is 1.63. The average molecular weight is 134 g/mol. The molecule has 0 fully saturated rings. The van der Waals surface area contributed by atoms with Gasteiger partial charge >= 0.3 is 6.11 Å². The Kier molecular flexibility index (Phi) is 3.18. The highest BCUT2D eigenvalue weighted by molar-refractivity contribution is 4.94. The number of hydrogen-bond donors (Lipinski definition) is 0. The van der Waals surface area contributed by atoms with E-state index in [-0.39, 0.29) is 6.61 Å². The van der Waals surface area contributed by atoms with Crippen LogP contribution in [0.1, 0.15) is 13.8 Å². The molecule has 0 bridgehead atoms. The highest BCUT2D eigenvalue weighted by Crippen LogP contribution is 2.11. The fraction of sp³-hybridized carbons (Fsp3) is 0.667. The molecule has 0 aromatic carbocycles. The standard InChI is InChI=1S/C6H8F2O/c1-3-4-5-9-6(2,7)8/h5H2,1-2H3. The van der Waals surface area contributed by atoms with E-state index in [2.05, 4.69) is 16.6 Å². The van der Waals surface area contributed by atoms with Crippen molar-refractivity contribution in [3.63, 3.8) is 0 Å². The van der Waals surface area contributed by atoms with Gasteiger partial charge in [0.15, 0.2) is 0 Å². The largest absolute Gasteiger partial charge is 0.353 e. The topological polar surface area (TPSA) is 9.23 Å². The fourth-order valence-corrected chi connectivity index (χ4v) is 0.235. The van der Waals surface area contributed by atoms with Gasteiger partial charge in [-0.3, -0.25) is 0 Å². The third kappa shape index (κ3) is 7.38. The molecular weight excluding hydrogens is 126 g/mol. The highest BCUT2D eigenvalue weighted by atomic mass is 19.3. The third-order valence-electron chi connectivity index (χ3n) is 0.575. The van der Waals surface area contributed by atoms with Crippen molar-refractivity contribution in [2.24, 2.45) is 0 Å². The van der Waals surface area contributed by atoms with Gasteiger partial charge in [0.25, 0.3) is 0 Å². The molecule has 0 unspecified atom stereocenters. The lowest BCUT2D eigenvalue weighted by Crippen LogP contribution is -2.14. The Hall–Kier alpha value is -0.620. The molecule has 1 nitrogen and oxygen atoms in total. The molecule has 0 rings (SSSR count). The summed E-state index contributed by atoms with van der Waals surface area (Å²) in [6.45, 7) is 2.04. The summed E-state index contributed by atoms with van der Waals surface area (Å²) in [4.78, 5) is 0. The summed E-state index contributed by atoms with van der Waals surface area (Å²) >= 11 is 0. The molecule has 0 spiro atoms. The molecule has 0 aliphatic heterocycles. The van der Waals surface area contributed by atoms with Crippen LogP contribution in [0, 0.1) is 11.8 Å². The predicted molar refractivity (Wildman–Crippen MR) is 30.0 cm³/mol. The Labute approximate surface area is 53.0 Å².